The van der Waals surface area contributed by atoms with Crippen LogP contribution in [0, 0.1) is 5.92 Å². The van der Waals surface area contributed by atoms with E-state index in [2.05, 4.69) is 0 Å². The lowest BCUT2D eigenvalue weighted by molar-refractivity contribution is -0.00608. The third-order valence-corrected chi connectivity index (χ3v) is 4.13. The maximum absolute atomic E-state index is 10.3. The van der Waals surface area contributed by atoms with Crippen LogP contribution in [0.25, 0.3) is 0 Å². The lowest BCUT2D eigenvalue weighted by Gasteiger charge is -2.28. The molecule has 1 fully saturated rings. The van der Waals surface area contributed by atoms with Crippen molar-refractivity contribution in [1.82, 2.24) is 0 Å². The van der Waals surface area contributed by atoms with Gasteiger partial charge in [0, 0.05) is 13.2 Å². The molecule has 0 aliphatic heterocycles. The van der Waals surface area contributed by atoms with Crippen LogP contribution in [0.4, 0.5) is 0 Å². The number of nitrogens with two attached hydrogens (primary N) is 1. The molecule has 1 aliphatic carbocycles. The first-order chi connectivity index (χ1) is 9.74. The summed E-state index contributed by atoms with van der Waals surface area (Å²) in [6, 6.07) is 9.72. The third kappa shape index (κ3) is 4.20. The van der Waals surface area contributed by atoms with Crippen LogP contribution < -0.4 is 10.5 Å². The monoisotopic (exact) mass is 279 g/mol. The van der Waals surface area contributed by atoms with Crippen molar-refractivity contribution in [2.75, 3.05) is 26.4 Å². The molecule has 1 aliphatic rings. The second kappa shape index (κ2) is 7.62. The number of hydrogen-bond acceptors (Lipinski definition) is 4. The summed E-state index contributed by atoms with van der Waals surface area (Å²) in [6.45, 7) is 2.14. The third-order valence-electron chi connectivity index (χ3n) is 4.13. The average molecular weight is 279 g/mol. The van der Waals surface area contributed by atoms with E-state index in [-0.39, 0.29) is 5.92 Å². The van der Waals surface area contributed by atoms with Crippen molar-refractivity contribution >= 4 is 0 Å². The van der Waals surface area contributed by atoms with Gasteiger partial charge in [-0.3, -0.25) is 0 Å². The van der Waals surface area contributed by atoms with Gasteiger partial charge in [-0.2, -0.15) is 0 Å². The molecule has 2 rings (SSSR count). The fraction of sp³-hybridized carbons (Fsp3) is 0.625. The molecule has 3 N–H and O–H groups in total. The van der Waals surface area contributed by atoms with E-state index in [1.165, 1.54) is 0 Å². The Bertz CT molecular complexity index is 385. The van der Waals surface area contributed by atoms with E-state index in [0.717, 1.165) is 31.4 Å². The fourth-order valence-corrected chi connectivity index (χ4v) is 2.87. The Morgan fingerprint density at radius 1 is 1.20 bits per heavy atom. The smallest absolute Gasteiger partial charge is 0.119 e. The van der Waals surface area contributed by atoms with Crippen LogP contribution in [-0.2, 0) is 4.74 Å². The molecule has 0 amide bonds. The summed E-state index contributed by atoms with van der Waals surface area (Å²) < 4.78 is 11.1. The summed E-state index contributed by atoms with van der Waals surface area (Å²) in [5, 5.41) is 10.3. The lowest BCUT2D eigenvalue weighted by atomic mass is 9.88. The highest BCUT2D eigenvalue weighted by atomic mass is 16.5. The van der Waals surface area contributed by atoms with Gasteiger partial charge >= 0.3 is 0 Å². The zero-order valence-corrected chi connectivity index (χ0v) is 12.0. The van der Waals surface area contributed by atoms with Gasteiger partial charge in [0.1, 0.15) is 12.4 Å². The van der Waals surface area contributed by atoms with Crippen molar-refractivity contribution in [2.24, 2.45) is 11.7 Å². The van der Waals surface area contributed by atoms with Crippen LogP contribution in [0.1, 0.15) is 25.7 Å². The van der Waals surface area contributed by atoms with Crippen molar-refractivity contribution in [2.45, 2.75) is 31.3 Å². The van der Waals surface area contributed by atoms with E-state index in [1.807, 2.05) is 30.3 Å². The SMILES string of the molecule is NCC1(O)CCCC1CCOCCOc1ccccc1. The van der Waals surface area contributed by atoms with Gasteiger partial charge in [0.15, 0.2) is 0 Å². The van der Waals surface area contributed by atoms with Crippen molar-refractivity contribution in [3.05, 3.63) is 30.3 Å². The van der Waals surface area contributed by atoms with E-state index in [1.54, 1.807) is 0 Å². The molecule has 112 valence electrons. The zero-order chi connectivity index (χ0) is 14.3. The Morgan fingerprint density at radius 2 is 2.00 bits per heavy atom. The second-order valence-corrected chi connectivity index (χ2v) is 5.46. The topological polar surface area (TPSA) is 64.7 Å². The minimum atomic E-state index is -0.663. The molecule has 1 saturated carbocycles. The number of aliphatic hydroxyl groups is 1. The van der Waals surface area contributed by atoms with Gasteiger partial charge in [0.25, 0.3) is 0 Å². The molecule has 2 unspecified atom stereocenters. The highest BCUT2D eigenvalue weighted by Crippen LogP contribution is 2.36. The Kier molecular flexibility index (Phi) is 5.83. The highest BCUT2D eigenvalue weighted by Gasteiger charge is 2.39. The van der Waals surface area contributed by atoms with Gasteiger partial charge in [0.2, 0.25) is 0 Å². The second-order valence-electron chi connectivity index (χ2n) is 5.46. The van der Waals surface area contributed by atoms with Crippen molar-refractivity contribution < 1.29 is 14.6 Å². The molecule has 4 heteroatoms. The van der Waals surface area contributed by atoms with Crippen LogP contribution in [-0.4, -0.2) is 37.1 Å². The molecule has 20 heavy (non-hydrogen) atoms. The fourth-order valence-electron chi connectivity index (χ4n) is 2.87. The molecule has 0 aromatic heterocycles. The summed E-state index contributed by atoms with van der Waals surface area (Å²) in [5.41, 5.74) is 5.00. The minimum Gasteiger partial charge on any atom is -0.491 e. The molecule has 0 saturated heterocycles. The van der Waals surface area contributed by atoms with Crippen molar-refractivity contribution in [3.8, 4) is 5.75 Å². The van der Waals surface area contributed by atoms with Crippen LogP contribution in [0.15, 0.2) is 30.3 Å². The zero-order valence-electron chi connectivity index (χ0n) is 12.0. The summed E-state index contributed by atoms with van der Waals surface area (Å²) in [7, 11) is 0. The first-order valence-electron chi connectivity index (χ1n) is 7.42. The van der Waals surface area contributed by atoms with Crippen LogP contribution >= 0.6 is 0 Å². The van der Waals surface area contributed by atoms with Gasteiger partial charge in [-0.05, 0) is 37.3 Å². The number of para-hydroxylation sites is 1. The first kappa shape index (κ1) is 15.3. The van der Waals surface area contributed by atoms with Gasteiger partial charge in [-0.1, -0.05) is 24.6 Å². The van der Waals surface area contributed by atoms with Crippen molar-refractivity contribution in [3.63, 3.8) is 0 Å². The Morgan fingerprint density at radius 3 is 2.75 bits per heavy atom. The predicted octanol–water partition coefficient (Wildman–Crippen LogP) is 1.96. The minimum absolute atomic E-state index is 0.280. The average Bonchev–Trinajstić information content (AvgIpc) is 2.86. The Hall–Kier alpha value is -1.10. The summed E-state index contributed by atoms with van der Waals surface area (Å²) >= 11 is 0. The van der Waals surface area contributed by atoms with E-state index in [0.29, 0.717) is 26.4 Å². The Balaban J connectivity index is 1.56. The maximum Gasteiger partial charge on any atom is 0.119 e. The summed E-state index contributed by atoms with van der Waals surface area (Å²) in [5.74, 6) is 1.15. The van der Waals surface area contributed by atoms with Gasteiger partial charge in [-0.25, -0.2) is 0 Å². The first-order valence-corrected chi connectivity index (χ1v) is 7.42. The van der Waals surface area contributed by atoms with Gasteiger partial charge in [0.05, 0.1) is 12.2 Å². The van der Waals surface area contributed by atoms with Crippen LogP contribution in [0.5, 0.6) is 5.75 Å². The molecular weight excluding hydrogens is 254 g/mol. The predicted molar refractivity (Wildman–Crippen MR) is 78.7 cm³/mol. The van der Waals surface area contributed by atoms with Crippen molar-refractivity contribution in [1.29, 1.82) is 0 Å². The van der Waals surface area contributed by atoms with E-state index < -0.39 is 5.60 Å². The van der Waals surface area contributed by atoms with Crippen LogP contribution in [0.2, 0.25) is 0 Å². The molecule has 4 nitrogen and oxygen atoms in total. The largest absolute Gasteiger partial charge is 0.491 e. The normalized spacial score (nSPS) is 25.8. The molecule has 2 atom stereocenters. The number of rotatable bonds is 8. The quantitative estimate of drug-likeness (QED) is 0.714. The maximum atomic E-state index is 10.3. The standard InChI is InChI=1S/C16H25NO3/c17-13-16(18)9-4-5-14(16)8-10-19-11-12-20-15-6-2-1-3-7-15/h1-3,6-7,14,18H,4-5,8-13,17H2. The lowest BCUT2D eigenvalue weighted by Crippen LogP contribution is -2.41. The van der Waals surface area contributed by atoms with E-state index >= 15 is 0 Å². The van der Waals surface area contributed by atoms with E-state index in [9.17, 15) is 5.11 Å². The summed E-state index contributed by atoms with van der Waals surface area (Å²) in [6.07, 6.45) is 3.82. The number of benzene rings is 1. The number of hydrogen-bond donors (Lipinski definition) is 2. The molecule has 0 bridgehead atoms. The highest BCUT2D eigenvalue weighted by molar-refractivity contribution is 5.20. The van der Waals surface area contributed by atoms with E-state index in [4.69, 9.17) is 15.2 Å². The molecule has 0 radical (unpaired) electrons. The molecule has 0 spiro atoms. The number of ether oxygens (including phenoxy) is 2. The molecule has 0 heterocycles. The molecular formula is C16H25NO3. The molecule has 1 aromatic rings. The van der Waals surface area contributed by atoms with Gasteiger partial charge < -0.3 is 20.3 Å². The Labute approximate surface area is 120 Å². The van der Waals surface area contributed by atoms with Crippen LogP contribution in [0.3, 0.4) is 0 Å². The molecule has 1 aromatic carbocycles. The summed E-state index contributed by atoms with van der Waals surface area (Å²) in [4.78, 5) is 0. The van der Waals surface area contributed by atoms with Gasteiger partial charge in [-0.15, -0.1) is 0 Å².